The average molecular weight is 909 g/mol. The first-order valence-corrected chi connectivity index (χ1v) is 22.0. The molecule has 0 unspecified atom stereocenters. The summed E-state index contributed by atoms with van der Waals surface area (Å²) in [5.41, 5.74) is 11.3. The third-order valence-electron chi connectivity index (χ3n) is 11.4. The minimum absolute atomic E-state index is 0.0710. The second-order valence-electron chi connectivity index (χ2n) is 16.9. The first-order valence-electron chi connectivity index (χ1n) is 22.0. The smallest absolute Gasteiger partial charge is 0.245 e. The second kappa shape index (κ2) is 25.7. The molecular weight excluding hydrogens is 841 g/mol. The molecule has 0 aromatic rings. The molecule has 8 atom stereocenters. The number of amides is 10. The lowest BCUT2D eigenvalue weighted by atomic mass is 9.98. The van der Waals surface area contributed by atoms with Crippen LogP contribution in [0.25, 0.3) is 0 Å². The van der Waals surface area contributed by atoms with Crippen LogP contribution < -0.4 is 54.0 Å². The number of carbonyl (C=O) groups is 10. The summed E-state index contributed by atoms with van der Waals surface area (Å²) < 4.78 is 0. The number of rotatable bonds is 12. The van der Waals surface area contributed by atoms with Crippen molar-refractivity contribution in [1.29, 1.82) is 0 Å². The summed E-state index contributed by atoms with van der Waals surface area (Å²) >= 11 is 0. The van der Waals surface area contributed by atoms with E-state index in [0.717, 1.165) is 0 Å². The van der Waals surface area contributed by atoms with Gasteiger partial charge < -0.3 is 74.0 Å². The summed E-state index contributed by atoms with van der Waals surface area (Å²) in [7, 11) is 0. The van der Waals surface area contributed by atoms with Crippen molar-refractivity contribution in [2.75, 3.05) is 52.5 Å². The fourth-order valence-corrected chi connectivity index (χ4v) is 7.24. The predicted molar refractivity (Wildman–Crippen MR) is 227 cm³/mol. The van der Waals surface area contributed by atoms with Crippen LogP contribution in [0.1, 0.15) is 79.1 Å². The predicted octanol–water partition coefficient (Wildman–Crippen LogP) is -6.10. The van der Waals surface area contributed by atoms with Crippen molar-refractivity contribution in [2.24, 2.45) is 23.3 Å². The van der Waals surface area contributed by atoms with Crippen LogP contribution in [0.2, 0.25) is 0 Å². The van der Waals surface area contributed by atoms with Crippen molar-refractivity contribution in [3.63, 3.8) is 0 Å². The fourth-order valence-electron chi connectivity index (χ4n) is 7.24. The maximum Gasteiger partial charge on any atom is 0.245 e. The summed E-state index contributed by atoms with van der Waals surface area (Å²) in [4.78, 5) is 137. The lowest BCUT2D eigenvalue weighted by molar-refractivity contribution is -0.148. The molecule has 3 fully saturated rings. The van der Waals surface area contributed by atoms with E-state index in [0.29, 0.717) is 25.7 Å². The van der Waals surface area contributed by atoms with Gasteiger partial charge in [-0.25, -0.2) is 0 Å². The van der Waals surface area contributed by atoms with Crippen LogP contribution in [-0.2, 0) is 47.9 Å². The monoisotopic (exact) mass is 909 g/mol. The Bertz CT molecular complexity index is 1580. The zero-order valence-corrected chi connectivity index (χ0v) is 37.1. The van der Waals surface area contributed by atoms with E-state index in [-0.39, 0.29) is 51.9 Å². The van der Waals surface area contributed by atoms with Gasteiger partial charge in [-0.15, -0.1) is 0 Å². The highest BCUT2D eigenvalue weighted by atomic mass is 16.3. The molecule has 3 heterocycles. The van der Waals surface area contributed by atoms with Crippen molar-refractivity contribution >= 4 is 59.1 Å². The van der Waals surface area contributed by atoms with E-state index in [1.54, 1.807) is 27.7 Å². The van der Waals surface area contributed by atoms with Gasteiger partial charge in [0.05, 0.1) is 26.3 Å². The highest BCUT2D eigenvalue weighted by Gasteiger charge is 2.42. The topological polar surface area (TPSA) is 366 Å². The number of aliphatic hydroxyl groups is 2. The quantitative estimate of drug-likeness (QED) is 0.0812. The highest BCUT2D eigenvalue weighted by molar-refractivity contribution is 5.99. The number of unbranched alkanes of at least 4 members (excludes halogenated alkanes) is 2. The molecule has 0 spiro atoms. The number of nitrogens with one attached hydrogen (secondary N) is 8. The van der Waals surface area contributed by atoms with Gasteiger partial charge >= 0.3 is 0 Å². The van der Waals surface area contributed by atoms with Gasteiger partial charge in [0.15, 0.2) is 0 Å². The first kappa shape index (κ1) is 52.9. The van der Waals surface area contributed by atoms with Crippen LogP contribution >= 0.6 is 0 Å². The Morgan fingerprint density at radius 2 is 0.828 bits per heavy atom. The van der Waals surface area contributed by atoms with Crippen molar-refractivity contribution in [2.45, 2.75) is 127 Å². The Morgan fingerprint density at radius 3 is 1.11 bits per heavy atom. The lowest BCUT2D eigenvalue weighted by Crippen LogP contribution is -2.64. The van der Waals surface area contributed by atoms with Crippen LogP contribution in [0.3, 0.4) is 0 Å². The largest absolute Gasteiger partial charge is 0.394 e. The van der Waals surface area contributed by atoms with Crippen molar-refractivity contribution < 1.29 is 58.2 Å². The summed E-state index contributed by atoms with van der Waals surface area (Å²) in [6, 6.07) is -10.1. The minimum atomic E-state index is -1.57. The molecule has 0 bridgehead atoms. The molecule has 14 N–H and O–H groups in total. The molecule has 24 nitrogen and oxygen atoms in total. The normalized spacial score (nSPS) is 27.9. The number of hydrogen-bond donors (Lipinski definition) is 12. The highest BCUT2D eigenvalue weighted by Crippen LogP contribution is 2.20. The van der Waals surface area contributed by atoms with E-state index in [9.17, 15) is 58.2 Å². The van der Waals surface area contributed by atoms with E-state index < -0.39 is 146 Å². The van der Waals surface area contributed by atoms with Crippen LogP contribution in [0.15, 0.2) is 0 Å². The number of hydrogen-bond acceptors (Lipinski definition) is 14. The number of carbonyl (C=O) groups excluding carboxylic acids is 10. The fraction of sp³-hybridized carbons (Fsp3) is 0.750. The van der Waals surface area contributed by atoms with Crippen molar-refractivity contribution in [3.8, 4) is 0 Å². The summed E-state index contributed by atoms with van der Waals surface area (Å²) in [6.07, 6.45) is 2.32. The molecule has 0 radical (unpaired) electrons. The van der Waals surface area contributed by atoms with E-state index in [2.05, 4.69) is 42.5 Å². The van der Waals surface area contributed by atoms with Gasteiger partial charge in [0.25, 0.3) is 0 Å². The molecule has 24 heteroatoms. The summed E-state index contributed by atoms with van der Waals surface area (Å²) in [5.74, 6) is -8.84. The SMILES string of the molecule is CC(C)[C@@H]1NC(=O)[C@@H]2CCN2C(=O)CNC(=O)[C@H](CCCCN)NC(=O)[C@H](CO)NC(=O)[C@H](C(C)C)NC(=O)[C@@H]2CCN2C(=O)CNC(=O)[C@H](CCCCN)NC(=O)[C@H](CO)NC1=O. The standard InChI is InChI=1S/C40H68N12O12/c1-21(2)31-39(63)47-25(19-53)35(59)45-23(9-5-7-13-41)33(57)44-18-30(56)52-16-12-28(52)38(62)50-32(22(3)4)40(64)48-26(20-54)36(60)46-24(10-6-8-14-42)34(58)43-17-29(55)51-15-11-27(51)37(61)49-31/h21-28,31-32,53-54H,5-20,41-42H2,1-4H3,(H,43,58)(H,44,57)(H,45,59)(H,46,60)(H,47,63)(H,48,64)(H,49,61)(H,50,62)/t23-,24-,25-,26-,27-,28-,31-,32-/m0/s1. The molecule has 0 aromatic carbocycles. The Labute approximate surface area is 372 Å². The van der Waals surface area contributed by atoms with E-state index in [4.69, 9.17) is 11.5 Å². The Kier molecular flexibility index (Phi) is 21.3. The number of nitrogens with two attached hydrogens (primary N) is 2. The Hall–Kier alpha value is -5.46. The lowest BCUT2D eigenvalue weighted by Gasteiger charge is -2.40. The van der Waals surface area contributed by atoms with Gasteiger partial charge in [0, 0.05) is 13.1 Å². The Balaban J connectivity index is 1.92. The molecule has 10 amide bonds. The second-order valence-corrected chi connectivity index (χ2v) is 16.9. The number of fused-ring (bicyclic) bond motifs is 2. The van der Waals surface area contributed by atoms with Gasteiger partial charge in [-0.05, 0) is 76.3 Å². The van der Waals surface area contributed by atoms with Crippen LogP contribution in [0.5, 0.6) is 0 Å². The molecule has 3 aliphatic heterocycles. The maximum atomic E-state index is 13.5. The first-order chi connectivity index (χ1) is 30.4. The number of nitrogens with zero attached hydrogens (tertiary/aromatic N) is 2. The molecular formula is C40H68N12O12. The van der Waals surface area contributed by atoms with E-state index in [1.807, 2.05) is 0 Å². The zero-order valence-electron chi connectivity index (χ0n) is 37.1. The Morgan fingerprint density at radius 1 is 0.484 bits per heavy atom. The van der Waals surface area contributed by atoms with E-state index >= 15 is 0 Å². The summed E-state index contributed by atoms with van der Waals surface area (Å²) in [6.45, 7) is 4.45. The van der Waals surface area contributed by atoms with Crippen molar-refractivity contribution in [3.05, 3.63) is 0 Å². The minimum Gasteiger partial charge on any atom is -0.394 e. The van der Waals surface area contributed by atoms with Gasteiger partial charge in [0.1, 0.15) is 48.3 Å². The van der Waals surface area contributed by atoms with Crippen molar-refractivity contribution in [1.82, 2.24) is 52.3 Å². The number of aliphatic hydroxyl groups excluding tert-OH is 2. The molecule has 360 valence electrons. The molecule has 0 aliphatic carbocycles. The average Bonchev–Trinajstić information content (AvgIpc) is 3.21. The van der Waals surface area contributed by atoms with Crippen LogP contribution in [0, 0.1) is 11.8 Å². The molecule has 64 heavy (non-hydrogen) atoms. The molecule has 0 aromatic heterocycles. The third-order valence-corrected chi connectivity index (χ3v) is 11.4. The van der Waals surface area contributed by atoms with Gasteiger partial charge in [-0.2, -0.15) is 0 Å². The molecule has 3 saturated heterocycles. The van der Waals surface area contributed by atoms with Gasteiger partial charge in [-0.1, -0.05) is 27.7 Å². The zero-order chi connectivity index (χ0) is 47.7. The maximum absolute atomic E-state index is 13.5. The van der Waals surface area contributed by atoms with Crippen LogP contribution in [-0.4, -0.2) is 180 Å². The molecule has 3 aliphatic rings. The third kappa shape index (κ3) is 14.8. The van der Waals surface area contributed by atoms with Gasteiger partial charge in [0.2, 0.25) is 59.1 Å². The summed E-state index contributed by atoms with van der Waals surface area (Å²) in [5, 5.41) is 40.3. The molecule has 0 saturated carbocycles. The van der Waals surface area contributed by atoms with E-state index in [1.165, 1.54) is 9.80 Å². The van der Waals surface area contributed by atoms with Crippen LogP contribution in [0.4, 0.5) is 0 Å². The van der Waals surface area contributed by atoms with Gasteiger partial charge in [-0.3, -0.25) is 47.9 Å². The molecule has 3 rings (SSSR count).